The summed E-state index contributed by atoms with van der Waals surface area (Å²) < 4.78 is 16.2. The molecule has 1 aliphatic heterocycles. The van der Waals surface area contributed by atoms with Crippen molar-refractivity contribution in [3.8, 4) is 0 Å². The van der Waals surface area contributed by atoms with Gasteiger partial charge < -0.3 is 0 Å². The van der Waals surface area contributed by atoms with Crippen LogP contribution in [0.5, 0.6) is 0 Å². The van der Waals surface area contributed by atoms with Gasteiger partial charge in [0.1, 0.15) is 12.1 Å². The van der Waals surface area contributed by atoms with E-state index in [1.165, 1.54) is 12.1 Å². The second-order valence-electron chi connectivity index (χ2n) is 5.38. The Hall–Kier alpha value is -2.34. The molecule has 6 heteroatoms. The third-order valence-electron chi connectivity index (χ3n) is 3.94. The Morgan fingerprint density at radius 2 is 1.78 bits per heavy atom. The highest BCUT2D eigenvalue weighted by atomic mass is 79.9. The van der Waals surface area contributed by atoms with Crippen LogP contribution < -0.4 is 0 Å². The van der Waals surface area contributed by atoms with Crippen LogP contribution >= 0.6 is 15.9 Å². The molecule has 2 aromatic carbocycles. The highest BCUT2D eigenvalue weighted by molar-refractivity contribution is 9.10. The quantitative estimate of drug-likeness (QED) is 0.674. The van der Waals surface area contributed by atoms with Gasteiger partial charge in [0.2, 0.25) is 0 Å². The van der Waals surface area contributed by atoms with Gasteiger partial charge in [0.15, 0.2) is 0 Å². The lowest BCUT2D eigenvalue weighted by molar-refractivity contribution is 0.587. The van der Waals surface area contributed by atoms with Gasteiger partial charge >= 0.3 is 0 Å². The summed E-state index contributed by atoms with van der Waals surface area (Å²) in [6, 6.07) is 14.6. The monoisotopic (exact) mass is 370 g/mol. The third-order valence-corrected chi connectivity index (χ3v) is 4.47. The van der Waals surface area contributed by atoms with Gasteiger partial charge in [0, 0.05) is 10.9 Å². The minimum Gasteiger partial charge on any atom is -0.290 e. The van der Waals surface area contributed by atoms with E-state index in [9.17, 15) is 4.39 Å². The van der Waals surface area contributed by atoms with E-state index in [4.69, 9.17) is 0 Å². The predicted molar refractivity (Wildman–Crippen MR) is 89.5 cm³/mol. The Bertz CT molecular complexity index is 868. The number of aliphatic imine (C=N–C) groups is 1. The normalized spacial score (nSPS) is 16.8. The van der Waals surface area contributed by atoms with Crippen molar-refractivity contribution in [1.29, 1.82) is 0 Å². The first-order valence-corrected chi connectivity index (χ1v) is 7.98. The molecule has 1 atom stereocenters. The molecule has 4 rings (SSSR count). The number of aromatic nitrogens is 3. The van der Waals surface area contributed by atoms with Crippen LogP contribution in [0.25, 0.3) is 0 Å². The van der Waals surface area contributed by atoms with E-state index >= 15 is 0 Å². The van der Waals surface area contributed by atoms with Crippen molar-refractivity contribution in [1.82, 2.24) is 14.8 Å². The average Bonchev–Trinajstić information content (AvgIpc) is 3.04. The van der Waals surface area contributed by atoms with Gasteiger partial charge in [-0.25, -0.2) is 9.38 Å². The van der Waals surface area contributed by atoms with Crippen LogP contribution in [-0.2, 0) is 0 Å². The van der Waals surface area contributed by atoms with Gasteiger partial charge in [-0.2, -0.15) is 0 Å². The predicted octanol–water partition coefficient (Wildman–Crippen LogP) is 4.29. The fourth-order valence-corrected chi connectivity index (χ4v) is 3.04. The van der Waals surface area contributed by atoms with Crippen molar-refractivity contribution in [2.75, 3.05) is 0 Å². The van der Waals surface area contributed by atoms with Crippen LogP contribution in [0.2, 0.25) is 0 Å². The standard InChI is InChI=1S/C17H12BrFN4/c18-13-5-1-11(2-6-13)15-9-16(12-3-7-14(19)8-4-12)23-10-20-22-17(23)21-15/h1-8,10,16H,9H2. The van der Waals surface area contributed by atoms with Crippen LogP contribution in [0.4, 0.5) is 10.3 Å². The lowest BCUT2D eigenvalue weighted by Gasteiger charge is -2.24. The summed E-state index contributed by atoms with van der Waals surface area (Å²) in [6.45, 7) is 0. The molecule has 0 radical (unpaired) electrons. The minimum absolute atomic E-state index is 0.0109. The molecular formula is C17H12BrFN4. The molecule has 114 valence electrons. The molecule has 3 aromatic rings. The number of fused-ring (bicyclic) bond motifs is 1. The smallest absolute Gasteiger partial charge is 0.251 e. The van der Waals surface area contributed by atoms with Crippen LogP contribution in [0.15, 0.2) is 64.3 Å². The molecule has 0 spiro atoms. The lowest BCUT2D eigenvalue weighted by Crippen LogP contribution is -2.19. The fraction of sp³-hybridized carbons (Fsp3) is 0.118. The van der Waals surface area contributed by atoms with Crippen LogP contribution in [0, 0.1) is 5.82 Å². The number of hydrogen-bond acceptors (Lipinski definition) is 3. The number of hydrogen-bond donors (Lipinski definition) is 0. The van der Waals surface area contributed by atoms with Crippen molar-refractivity contribution in [2.45, 2.75) is 12.5 Å². The molecular weight excluding hydrogens is 359 g/mol. The van der Waals surface area contributed by atoms with Crippen molar-refractivity contribution >= 4 is 27.6 Å². The topological polar surface area (TPSA) is 43.1 Å². The van der Waals surface area contributed by atoms with Crippen molar-refractivity contribution in [3.63, 3.8) is 0 Å². The zero-order valence-corrected chi connectivity index (χ0v) is 13.6. The maximum absolute atomic E-state index is 13.2. The molecule has 1 aliphatic rings. The van der Waals surface area contributed by atoms with E-state index in [-0.39, 0.29) is 11.9 Å². The highest BCUT2D eigenvalue weighted by Crippen LogP contribution is 2.32. The summed E-state index contributed by atoms with van der Waals surface area (Å²) in [6.07, 6.45) is 2.38. The molecule has 0 saturated carbocycles. The number of halogens is 2. The molecule has 0 saturated heterocycles. The number of rotatable bonds is 2. The van der Waals surface area contributed by atoms with Gasteiger partial charge in [-0.05, 0) is 35.4 Å². The van der Waals surface area contributed by atoms with Crippen LogP contribution in [0.3, 0.4) is 0 Å². The largest absolute Gasteiger partial charge is 0.290 e. The molecule has 1 unspecified atom stereocenters. The molecule has 0 N–H and O–H groups in total. The lowest BCUT2D eigenvalue weighted by atomic mass is 9.96. The van der Waals surface area contributed by atoms with E-state index in [0.29, 0.717) is 12.4 Å². The Labute approximate surface area is 140 Å². The van der Waals surface area contributed by atoms with Crippen LogP contribution in [0.1, 0.15) is 23.6 Å². The summed E-state index contributed by atoms with van der Waals surface area (Å²) in [5.74, 6) is 0.332. The highest BCUT2D eigenvalue weighted by Gasteiger charge is 2.25. The van der Waals surface area contributed by atoms with Crippen molar-refractivity contribution < 1.29 is 4.39 Å². The molecule has 0 aliphatic carbocycles. The first-order valence-electron chi connectivity index (χ1n) is 7.19. The Morgan fingerprint density at radius 3 is 2.52 bits per heavy atom. The summed E-state index contributed by atoms with van der Waals surface area (Å²) in [4.78, 5) is 4.62. The van der Waals surface area contributed by atoms with Crippen molar-refractivity contribution in [2.24, 2.45) is 4.99 Å². The summed E-state index contributed by atoms with van der Waals surface area (Å²) in [5, 5.41) is 8.05. The van der Waals surface area contributed by atoms with Gasteiger partial charge in [-0.3, -0.25) is 4.57 Å². The SMILES string of the molecule is Fc1ccc(C2CC(c3ccc(Br)cc3)=Nc3nncn32)cc1. The molecule has 0 amide bonds. The first-order chi connectivity index (χ1) is 11.2. The third kappa shape index (κ3) is 2.70. The van der Waals surface area contributed by atoms with Gasteiger partial charge in [0.25, 0.3) is 5.95 Å². The van der Waals surface area contributed by atoms with Crippen molar-refractivity contribution in [3.05, 3.63) is 76.3 Å². The van der Waals surface area contributed by atoms with Crippen LogP contribution in [-0.4, -0.2) is 20.5 Å². The number of nitrogens with zero attached hydrogens (tertiary/aromatic N) is 4. The Morgan fingerprint density at radius 1 is 1.04 bits per heavy atom. The molecule has 1 aromatic heterocycles. The second-order valence-corrected chi connectivity index (χ2v) is 6.29. The summed E-state index contributed by atoms with van der Waals surface area (Å²) >= 11 is 3.44. The van der Waals surface area contributed by atoms with E-state index < -0.39 is 0 Å². The molecule has 2 heterocycles. The summed E-state index contributed by atoms with van der Waals surface area (Å²) in [7, 11) is 0. The maximum atomic E-state index is 13.2. The van der Waals surface area contributed by atoms with E-state index in [1.54, 1.807) is 18.5 Å². The maximum Gasteiger partial charge on any atom is 0.251 e. The molecule has 4 nitrogen and oxygen atoms in total. The fourth-order valence-electron chi connectivity index (χ4n) is 2.77. The second kappa shape index (κ2) is 5.70. The zero-order chi connectivity index (χ0) is 15.8. The van der Waals surface area contributed by atoms with E-state index in [0.717, 1.165) is 21.3 Å². The number of benzene rings is 2. The van der Waals surface area contributed by atoms with E-state index in [1.807, 2.05) is 28.8 Å². The van der Waals surface area contributed by atoms with Gasteiger partial charge in [-0.15, -0.1) is 10.2 Å². The van der Waals surface area contributed by atoms with Gasteiger partial charge in [-0.1, -0.05) is 40.2 Å². The zero-order valence-electron chi connectivity index (χ0n) is 12.0. The first kappa shape index (κ1) is 14.3. The Balaban J connectivity index is 1.77. The molecule has 23 heavy (non-hydrogen) atoms. The summed E-state index contributed by atoms with van der Waals surface area (Å²) in [5.41, 5.74) is 3.01. The minimum atomic E-state index is -0.240. The Kier molecular flexibility index (Phi) is 3.53. The van der Waals surface area contributed by atoms with Gasteiger partial charge in [0.05, 0.1) is 11.8 Å². The molecule has 0 fully saturated rings. The van der Waals surface area contributed by atoms with E-state index in [2.05, 4.69) is 31.1 Å². The average molecular weight is 371 g/mol. The molecule has 0 bridgehead atoms.